The van der Waals surface area contributed by atoms with E-state index in [0.29, 0.717) is 11.4 Å². The van der Waals surface area contributed by atoms with Crippen molar-refractivity contribution in [1.82, 2.24) is 0 Å². The van der Waals surface area contributed by atoms with Gasteiger partial charge < -0.3 is 14.9 Å². The maximum Gasteiger partial charge on any atom is 0.416 e. The topological polar surface area (TPSA) is 47.0 Å². The van der Waals surface area contributed by atoms with Gasteiger partial charge in [-0.05, 0) is 36.4 Å². The number of fused-ring (bicyclic) bond motifs is 2. The van der Waals surface area contributed by atoms with E-state index in [1.807, 2.05) is 74.4 Å². The molecule has 1 heterocycles. The monoisotopic (exact) mass is 329 g/mol. The third-order valence-corrected chi connectivity index (χ3v) is 4.91. The van der Waals surface area contributed by atoms with Crippen molar-refractivity contribution in [2.45, 2.75) is 9.79 Å². The minimum absolute atomic E-state index is 0.707. The van der Waals surface area contributed by atoms with Gasteiger partial charge in [-0.25, -0.2) is 9.69 Å². The molecule has 0 spiro atoms. The van der Waals surface area contributed by atoms with Crippen molar-refractivity contribution in [2.24, 2.45) is 0 Å². The fourth-order valence-electron chi connectivity index (χ4n) is 2.55. The van der Waals surface area contributed by atoms with Gasteiger partial charge in [0.1, 0.15) is 0 Å². The summed E-state index contributed by atoms with van der Waals surface area (Å²) in [6.45, 7) is 0. The van der Waals surface area contributed by atoms with E-state index in [1.54, 1.807) is 11.8 Å². The summed E-state index contributed by atoms with van der Waals surface area (Å²) in [5.41, 5.74) is 3.51. The van der Waals surface area contributed by atoms with Crippen molar-refractivity contribution in [2.75, 3.05) is 42.9 Å². The number of rotatable bonds is 2. The average molecular weight is 329 g/mol. The maximum absolute atomic E-state index is 11.8. The Bertz CT molecular complexity index is 717. The highest BCUT2D eigenvalue weighted by Crippen LogP contribution is 2.50. The van der Waals surface area contributed by atoms with Crippen LogP contribution in [0.4, 0.5) is 27.5 Å². The molecule has 0 fully saturated rings. The predicted octanol–water partition coefficient (Wildman–Crippen LogP) is 4.10. The quantitative estimate of drug-likeness (QED) is 0.899. The molecule has 1 aliphatic rings. The molecular formula is C17H19N3O2S. The van der Waals surface area contributed by atoms with Crippen LogP contribution in [0.5, 0.6) is 0 Å². The summed E-state index contributed by atoms with van der Waals surface area (Å²) >= 11 is 1.61. The van der Waals surface area contributed by atoms with Gasteiger partial charge in [-0.1, -0.05) is 11.8 Å². The highest BCUT2D eigenvalue weighted by molar-refractivity contribution is 7.99. The molecule has 2 aromatic rings. The zero-order valence-electron chi connectivity index (χ0n) is 13.6. The van der Waals surface area contributed by atoms with Gasteiger partial charge >= 0.3 is 6.09 Å². The standard InChI is InChI=1S/C17H19N3O2S/c1-18(2)11-5-7-13-15(9-11)23-16-10-12(19(3)4)6-8-14(16)20(13)17(21)22/h5-10H,1-4H3,(H,21,22). The Morgan fingerprint density at radius 3 is 1.70 bits per heavy atom. The molecule has 1 amide bonds. The normalized spacial score (nSPS) is 12.4. The van der Waals surface area contributed by atoms with Crippen molar-refractivity contribution < 1.29 is 9.90 Å². The zero-order valence-corrected chi connectivity index (χ0v) is 14.4. The van der Waals surface area contributed by atoms with Crippen molar-refractivity contribution in [1.29, 1.82) is 0 Å². The van der Waals surface area contributed by atoms with Crippen molar-refractivity contribution in [3.8, 4) is 0 Å². The lowest BCUT2D eigenvalue weighted by molar-refractivity contribution is 0.204. The highest BCUT2D eigenvalue weighted by atomic mass is 32.2. The second kappa shape index (κ2) is 5.70. The van der Waals surface area contributed by atoms with Gasteiger partial charge in [0.2, 0.25) is 0 Å². The molecule has 0 radical (unpaired) electrons. The van der Waals surface area contributed by atoms with E-state index >= 15 is 0 Å². The molecule has 0 saturated heterocycles. The number of hydrogen-bond donors (Lipinski definition) is 1. The molecule has 5 nitrogen and oxygen atoms in total. The van der Waals surface area contributed by atoms with E-state index in [9.17, 15) is 9.90 Å². The molecule has 1 aliphatic heterocycles. The molecule has 0 saturated carbocycles. The summed E-state index contributed by atoms with van der Waals surface area (Å²) in [6.07, 6.45) is -0.969. The van der Waals surface area contributed by atoms with Crippen LogP contribution in [0, 0.1) is 0 Å². The first-order valence-corrected chi connectivity index (χ1v) is 8.04. The van der Waals surface area contributed by atoms with Crippen LogP contribution in [-0.2, 0) is 0 Å². The summed E-state index contributed by atoms with van der Waals surface area (Å²) < 4.78 is 0. The molecule has 120 valence electrons. The van der Waals surface area contributed by atoms with E-state index in [-0.39, 0.29) is 0 Å². The van der Waals surface area contributed by atoms with Gasteiger partial charge in [-0.2, -0.15) is 0 Å². The largest absolute Gasteiger partial charge is 0.464 e. The van der Waals surface area contributed by atoms with Crippen LogP contribution in [0.2, 0.25) is 0 Å². The first-order valence-electron chi connectivity index (χ1n) is 7.22. The van der Waals surface area contributed by atoms with Gasteiger partial charge in [-0.15, -0.1) is 0 Å². The second-order valence-electron chi connectivity index (χ2n) is 5.81. The third-order valence-electron chi connectivity index (χ3n) is 3.81. The van der Waals surface area contributed by atoms with Crippen LogP contribution in [0.1, 0.15) is 0 Å². The first-order chi connectivity index (χ1) is 10.9. The molecule has 0 unspecified atom stereocenters. The van der Waals surface area contributed by atoms with Crippen LogP contribution in [-0.4, -0.2) is 39.4 Å². The Labute approximate surface area is 140 Å². The van der Waals surface area contributed by atoms with Crippen LogP contribution < -0.4 is 14.7 Å². The minimum atomic E-state index is -0.969. The first kappa shape index (κ1) is 15.6. The Kier molecular flexibility index (Phi) is 3.85. The second-order valence-corrected chi connectivity index (χ2v) is 6.90. The van der Waals surface area contributed by atoms with Gasteiger partial charge in [-0.3, -0.25) is 0 Å². The van der Waals surface area contributed by atoms with Crippen LogP contribution >= 0.6 is 11.8 Å². The SMILES string of the molecule is CN(C)c1ccc2c(c1)Sc1cc(N(C)C)ccc1N2C(=O)O. The van der Waals surface area contributed by atoms with E-state index < -0.39 is 6.09 Å². The third kappa shape index (κ3) is 2.70. The van der Waals surface area contributed by atoms with E-state index in [0.717, 1.165) is 21.2 Å². The average Bonchev–Trinajstić information content (AvgIpc) is 2.50. The fraction of sp³-hybridized carbons (Fsp3) is 0.235. The van der Waals surface area contributed by atoms with Crippen molar-refractivity contribution in [3.05, 3.63) is 36.4 Å². The fourth-order valence-corrected chi connectivity index (χ4v) is 3.67. The van der Waals surface area contributed by atoms with E-state index in [1.165, 1.54) is 4.90 Å². The van der Waals surface area contributed by atoms with E-state index in [2.05, 4.69) is 0 Å². The predicted molar refractivity (Wildman–Crippen MR) is 95.8 cm³/mol. The lowest BCUT2D eigenvalue weighted by Gasteiger charge is -2.30. The summed E-state index contributed by atoms with van der Waals surface area (Å²) in [5, 5.41) is 9.68. The zero-order chi connectivity index (χ0) is 16.7. The molecule has 2 aromatic carbocycles. The summed E-state index contributed by atoms with van der Waals surface area (Å²) in [7, 11) is 7.90. The van der Waals surface area contributed by atoms with Crippen molar-refractivity contribution in [3.63, 3.8) is 0 Å². The Morgan fingerprint density at radius 1 is 0.913 bits per heavy atom. The molecule has 0 bridgehead atoms. The molecule has 1 N–H and O–H groups in total. The molecule has 0 aromatic heterocycles. The number of benzene rings is 2. The Hall–Kier alpha value is -2.34. The van der Waals surface area contributed by atoms with Crippen LogP contribution in [0.15, 0.2) is 46.2 Å². The number of carboxylic acid groups (broad SMARTS) is 1. The number of amides is 1. The molecular weight excluding hydrogens is 310 g/mol. The number of carbonyl (C=O) groups is 1. The molecule has 0 aliphatic carbocycles. The lowest BCUT2D eigenvalue weighted by Crippen LogP contribution is -2.27. The lowest BCUT2D eigenvalue weighted by atomic mass is 10.2. The van der Waals surface area contributed by atoms with Gasteiger partial charge in [0.05, 0.1) is 11.4 Å². The summed E-state index contributed by atoms with van der Waals surface area (Å²) in [6, 6.07) is 11.7. The number of nitrogens with zero attached hydrogens (tertiary/aromatic N) is 3. The van der Waals surface area contributed by atoms with Gasteiger partial charge in [0.25, 0.3) is 0 Å². The highest BCUT2D eigenvalue weighted by Gasteiger charge is 2.28. The smallest absolute Gasteiger partial charge is 0.416 e. The Morgan fingerprint density at radius 2 is 1.35 bits per heavy atom. The van der Waals surface area contributed by atoms with Gasteiger partial charge in [0, 0.05) is 49.4 Å². The molecule has 3 rings (SSSR count). The minimum Gasteiger partial charge on any atom is -0.464 e. The summed E-state index contributed by atoms with van der Waals surface area (Å²) in [5.74, 6) is 0. The van der Waals surface area contributed by atoms with Crippen molar-refractivity contribution >= 4 is 40.6 Å². The van der Waals surface area contributed by atoms with Crippen LogP contribution in [0.25, 0.3) is 0 Å². The molecule has 6 heteroatoms. The van der Waals surface area contributed by atoms with E-state index in [4.69, 9.17) is 0 Å². The Balaban J connectivity index is 2.15. The van der Waals surface area contributed by atoms with Gasteiger partial charge in [0.15, 0.2) is 0 Å². The van der Waals surface area contributed by atoms with Crippen LogP contribution in [0.3, 0.4) is 0 Å². The number of hydrogen-bond acceptors (Lipinski definition) is 4. The number of anilines is 4. The molecule has 0 atom stereocenters. The summed E-state index contributed by atoms with van der Waals surface area (Å²) in [4.78, 5) is 19.1. The molecule has 23 heavy (non-hydrogen) atoms. The maximum atomic E-state index is 11.8.